The molecule has 0 unspecified atom stereocenters. The Labute approximate surface area is 86.5 Å². The summed E-state index contributed by atoms with van der Waals surface area (Å²) in [6.07, 6.45) is 1.67. The molecule has 0 saturated carbocycles. The van der Waals surface area contributed by atoms with E-state index in [9.17, 15) is 9.90 Å². The van der Waals surface area contributed by atoms with E-state index in [0.717, 1.165) is 6.42 Å². The van der Waals surface area contributed by atoms with Crippen molar-refractivity contribution in [1.29, 1.82) is 0 Å². The molecule has 0 saturated heterocycles. The summed E-state index contributed by atoms with van der Waals surface area (Å²) >= 11 is 0. The lowest BCUT2D eigenvalue weighted by Gasteiger charge is -2.21. The van der Waals surface area contributed by atoms with Gasteiger partial charge in [0.05, 0.1) is 19.1 Å². The van der Waals surface area contributed by atoms with Crippen LogP contribution >= 0.6 is 0 Å². The number of methoxy groups -OCH3 is 1. The maximum absolute atomic E-state index is 11.4. The standard InChI is InChI=1S/C11H22O3/c1-5-6-10(12)9(7-8(2)3)11(13)14-4/h8-10,12H,5-7H2,1-4H3/t9-,10-/m1/s1. The summed E-state index contributed by atoms with van der Waals surface area (Å²) in [7, 11) is 1.37. The predicted molar refractivity (Wildman–Crippen MR) is 55.9 cm³/mol. The van der Waals surface area contributed by atoms with E-state index in [1.54, 1.807) is 0 Å². The van der Waals surface area contributed by atoms with Gasteiger partial charge in [-0.25, -0.2) is 0 Å². The molecule has 84 valence electrons. The number of carbonyl (C=O) groups excluding carboxylic acids is 1. The molecule has 3 heteroatoms. The van der Waals surface area contributed by atoms with E-state index in [0.29, 0.717) is 18.8 Å². The van der Waals surface area contributed by atoms with Gasteiger partial charge < -0.3 is 9.84 Å². The third-order valence-electron chi connectivity index (χ3n) is 2.28. The van der Waals surface area contributed by atoms with Crippen molar-refractivity contribution in [3.05, 3.63) is 0 Å². The van der Waals surface area contributed by atoms with Gasteiger partial charge in [-0.3, -0.25) is 4.79 Å². The summed E-state index contributed by atoms with van der Waals surface area (Å²) in [5, 5.41) is 9.76. The number of aliphatic hydroxyl groups excluding tert-OH is 1. The van der Waals surface area contributed by atoms with Crippen molar-refractivity contribution in [2.24, 2.45) is 11.8 Å². The fourth-order valence-electron chi connectivity index (χ4n) is 1.57. The first-order chi connectivity index (χ1) is 6.52. The molecular formula is C11H22O3. The van der Waals surface area contributed by atoms with Crippen LogP contribution in [0.2, 0.25) is 0 Å². The number of ether oxygens (including phenoxy) is 1. The molecule has 0 rings (SSSR count). The zero-order valence-corrected chi connectivity index (χ0v) is 9.62. The SMILES string of the molecule is CCC[C@@H](O)[C@@H](CC(C)C)C(=O)OC. The first-order valence-corrected chi connectivity index (χ1v) is 5.28. The van der Waals surface area contributed by atoms with Crippen LogP contribution in [0.25, 0.3) is 0 Å². The fraction of sp³-hybridized carbons (Fsp3) is 0.909. The molecule has 3 nitrogen and oxygen atoms in total. The van der Waals surface area contributed by atoms with Gasteiger partial charge in [-0.05, 0) is 18.8 Å². The van der Waals surface area contributed by atoms with E-state index in [2.05, 4.69) is 4.74 Å². The molecule has 0 bridgehead atoms. The maximum atomic E-state index is 11.4. The summed E-state index contributed by atoms with van der Waals surface area (Å²) < 4.78 is 4.68. The second-order valence-electron chi connectivity index (χ2n) is 4.12. The molecule has 0 aromatic carbocycles. The van der Waals surface area contributed by atoms with Gasteiger partial charge in [0.2, 0.25) is 0 Å². The monoisotopic (exact) mass is 202 g/mol. The van der Waals surface area contributed by atoms with Crippen molar-refractivity contribution in [3.8, 4) is 0 Å². The van der Waals surface area contributed by atoms with Gasteiger partial charge in [0.15, 0.2) is 0 Å². The Hall–Kier alpha value is -0.570. The zero-order valence-electron chi connectivity index (χ0n) is 9.62. The summed E-state index contributed by atoms with van der Waals surface area (Å²) in [6, 6.07) is 0. The number of carbonyl (C=O) groups is 1. The lowest BCUT2D eigenvalue weighted by molar-refractivity contribution is -0.150. The van der Waals surface area contributed by atoms with E-state index < -0.39 is 6.10 Å². The minimum Gasteiger partial charge on any atom is -0.469 e. The molecule has 0 aliphatic carbocycles. The Morgan fingerprint density at radius 2 is 2.00 bits per heavy atom. The topological polar surface area (TPSA) is 46.5 Å². The van der Waals surface area contributed by atoms with E-state index in [-0.39, 0.29) is 11.9 Å². The Morgan fingerprint density at radius 1 is 1.43 bits per heavy atom. The van der Waals surface area contributed by atoms with Gasteiger partial charge in [-0.1, -0.05) is 27.2 Å². The van der Waals surface area contributed by atoms with E-state index >= 15 is 0 Å². The van der Waals surface area contributed by atoms with Gasteiger partial charge in [0.1, 0.15) is 0 Å². The average molecular weight is 202 g/mol. The quantitative estimate of drug-likeness (QED) is 0.670. The van der Waals surface area contributed by atoms with Crippen LogP contribution in [0, 0.1) is 11.8 Å². The third-order valence-corrected chi connectivity index (χ3v) is 2.28. The average Bonchev–Trinajstić information content (AvgIpc) is 2.13. The van der Waals surface area contributed by atoms with Crippen LogP contribution in [0.5, 0.6) is 0 Å². The first kappa shape index (κ1) is 13.4. The fourth-order valence-corrected chi connectivity index (χ4v) is 1.57. The molecular weight excluding hydrogens is 180 g/mol. The highest BCUT2D eigenvalue weighted by molar-refractivity contribution is 5.72. The minimum atomic E-state index is -0.560. The number of hydrogen-bond donors (Lipinski definition) is 1. The summed E-state index contributed by atoms with van der Waals surface area (Å²) in [5.74, 6) is -0.259. The highest BCUT2D eigenvalue weighted by atomic mass is 16.5. The lowest BCUT2D eigenvalue weighted by Crippen LogP contribution is -2.30. The zero-order chi connectivity index (χ0) is 11.1. The smallest absolute Gasteiger partial charge is 0.311 e. The number of esters is 1. The molecule has 0 aliphatic rings. The van der Waals surface area contributed by atoms with E-state index in [1.165, 1.54) is 7.11 Å². The maximum Gasteiger partial charge on any atom is 0.311 e. The van der Waals surface area contributed by atoms with Crippen molar-refractivity contribution in [3.63, 3.8) is 0 Å². The first-order valence-electron chi connectivity index (χ1n) is 5.28. The molecule has 0 fully saturated rings. The lowest BCUT2D eigenvalue weighted by atomic mass is 9.90. The highest BCUT2D eigenvalue weighted by Crippen LogP contribution is 2.20. The third kappa shape index (κ3) is 4.61. The second-order valence-corrected chi connectivity index (χ2v) is 4.12. The van der Waals surface area contributed by atoms with Crippen LogP contribution in [-0.2, 0) is 9.53 Å². The van der Waals surface area contributed by atoms with Crippen LogP contribution in [0.3, 0.4) is 0 Å². The molecule has 2 atom stereocenters. The summed E-state index contributed by atoms with van der Waals surface area (Å²) in [5.41, 5.74) is 0. The van der Waals surface area contributed by atoms with Crippen molar-refractivity contribution in [2.45, 2.75) is 46.1 Å². The van der Waals surface area contributed by atoms with Crippen LogP contribution in [0.1, 0.15) is 40.0 Å². The molecule has 0 spiro atoms. The van der Waals surface area contributed by atoms with Crippen molar-refractivity contribution in [1.82, 2.24) is 0 Å². The largest absolute Gasteiger partial charge is 0.469 e. The molecule has 0 aromatic rings. The number of aliphatic hydroxyl groups is 1. The number of hydrogen-bond acceptors (Lipinski definition) is 3. The van der Waals surface area contributed by atoms with Crippen LogP contribution in [-0.4, -0.2) is 24.3 Å². The molecule has 0 radical (unpaired) electrons. The van der Waals surface area contributed by atoms with Crippen LogP contribution in [0.4, 0.5) is 0 Å². The van der Waals surface area contributed by atoms with Crippen molar-refractivity contribution in [2.75, 3.05) is 7.11 Å². The minimum absolute atomic E-state index is 0.292. The molecule has 14 heavy (non-hydrogen) atoms. The van der Waals surface area contributed by atoms with Crippen molar-refractivity contribution >= 4 is 5.97 Å². The predicted octanol–water partition coefficient (Wildman–Crippen LogP) is 1.98. The Balaban J connectivity index is 4.29. The van der Waals surface area contributed by atoms with Gasteiger partial charge in [-0.15, -0.1) is 0 Å². The Kier molecular flexibility index (Phi) is 6.54. The summed E-state index contributed by atoms with van der Waals surface area (Å²) in [6.45, 7) is 6.07. The van der Waals surface area contributed by atoms with E-state index in [1.807, 2.05) is 20.8 Å². The Morgan fingerprint density at radius 3 is 2.36 bits per heavy atom. The molecule has 0 amide bonds. The number of rotatable bonds is 6. The van der Waals surface area contributed by atoms with E-state index in [4.69, 9.17) is 0 Å². The molecule has 0 aromatic heterocycles. The molecule has 0 aliphatic heterocycles. The van der Waals surface area contributed by atoms with Gasteiger partial charge >= 0.3 is 5.97 Å². The van der Waals surface area contributed by atoms with Crippen molar-refractivity contribution < 1.29 is 14.6 Å². The van der Waals surface area contributed by atoms with Crippen LogP contribution in [0.15, 0.2) is 0 Å². The summed E-state index contributed by atoms with van der Waals surface area (Å²) in [4.78, 5) is 11.4. The molecule has 0 heterocycles. The van der Waals surface area contributed by atoms with Crippen LogP contribution < -0.4 is 0 Å². The molecule has 1 N–H and O–H groups in total. The van der Waals surface area contributed by atoms with Gasteiger partial charge in [-0.2, -0.15) is 0 Å². The van der Waals surface area contributed by atoms with Gasteiger partial charge in [0, 0.05) is 0 Å². The Bertz CT molecular complexity index is 166. The highest BCUT2D eigenvalue weighted by Gasteiger charge is 2.27. The second kappa shape index (κ2) is 6.82. The van der Waals surface area contributed by atoms with Gasteiger partial charge in [0.25, 0.3) is 0 Å². The normalized spacial score (nSPS) is 15.3.